The van der Waals surface area contributed by atoms with E-state index in [2.05, 4.69) is 20.9 Å². The fourth-order valence-electron chi connectivity index (χ4n) is 1.47. The highest BCUT2D eigenvalue weighted by molar-refractivity contribution is 9.10. The Morgan fingerprint density at radius 2 is 2.12 bits per heavy atom. The van der Waals surface area contributed by atoms with Crippen molar-refractivity contribution in [2.75, 3.05) is 0 Å². The zero-order valence-electron chi connectivity index (χ0n) is 9.28. The Labute approximate surface area is 108 Å². The third-order valence-electron chi connectivity index (χ3n) is 2.29. The lowest BCUT2D eigenvalue weighted by Gasteiger charge is -2.09. The molecular formula is C13H11BrFNO. The summed E-state index contributed by atoms with van der Waals surface area (Å²) < 4.78 is 19.5. The van der Waals surface area contributed by atoms with Crippen LogP contribution in [0.5, 0.6) is 5.75 Å². The number of pyridine rings is 1. The van der Waals surface area contributed by atoms with Crippen molar-refractivity contribution in [2.24, 2.45) is 0 Å². The molecule has 0 unspecified atom stereocenters. The van der Waals surface area contributed by atoms with Gasteiger partial charge in [-0.25, -0.2) is 4.39 Å². The zero-order chi connectivity index (χ0) is 12.3. The van der Waals surface area contributed by atoms with Crippen molar-refractivity contribution in [3.63, 3.8) is 0 Å². The van der Waals surface area contributed by atoms with Gasteiger partial charge in [0.25, 0.3) is 0 Å². The topological polar surface area (TPSA) is 22.1 Å². The third-order valence-corrected chi connectivity index (χ3v) is 2.79. The molecule has 0 atom stereocenters. The third kappa shape index (κ3) is 3.27. The number of aryl methyl sites for hydroxylation is 1. The Kier molecular flexibility index (Phi) is 3.74. The summed E-state index contributed by atoms with van der Waals surface area (Å²) in [6.07, 6.45) is 2.77. The lowest BCUT2D eigenvalue weighted by Crippen LogP contribution is -1.98. The molecule has 2 aromatic rings. The van der Waals surface area contributed by atoms with E-state index in [1.165, 1.54) is 12.3 Å². The summed E-state index contributed by atoms with van der Waals surface area (Å²) in [6.45, 7) is 2.27. The summed E-state index contributed by atoms with van der Waals surface area (Å²) in [5, 5.41) is 0. The van der Waals surface area contributed by atoms with Gasteiger partial charge in [-0.05, 0) is 36.8 Å². The SMILES string of the molecule is Cc1cc(Br)ccc1OCc1cncc(F)c1. The van der Waals surface area contributed by atoms with Gasteiger partial charge in [0, 0.05) is 16.2 Å². The largest absolute Gasteiger partial charge is 0.489 e. The van der Waals surface area contributed by atoms with E-state index in [0.29, 0.717) is 12.2 Å². The number of ether oxygens (including phenoxy) is 1. The average molecular weight is 296 g/mol. The predicted octanol–water partition coefficient (Wildman–Crippen LogP) is 3.87. The number of hydrogen-bond acceptors (Lipinski definition) is 2. The molecule has 0 radical (unpaired) electrons. The van der Waals surface area contributed by atoms with Crippen molar-refractivity contribution in [1.29, 1.82) is 0 Å². The van der Waals surface area contributed by atoms with Crippen LogP contribution in [0.2, 0.25) is 0 Å². The number of rotatable bonds is 3. The first-order valence-corrected chi connectivity index (χ1v) is 5.93. The molecule has 0 fully saturated rings. The van der Waals surface area contributed by atoms with Crippen LogP contribution in [-0.2, 0) is 6.61 Å². The molecule has 0 saturated carbocycles. The van der Waals surface area contributed by atoms with Crippen molar-refractivity contribution in [3.8, 4) is 5.75 Å². The van der Waals surface area contributed by atoms with E-state index in [9.17, 15) is 4.39 Å². The van der Waals surface area contributed by atoms with E-state index < -0.39 is 0 Å². The Bertz CT molecular complexity index is 531. The van der Waals surface area contributed by atoms with Crippen LogP contribution in [0.25, 0.3) is 0 Å². The second kappa shape index (κ2) is 5.27. The molecule has 1 heterocycles. The fraction of sp³-hybridized carbons (Fsp3) is 0.154. The highest BCUT2D eigenvalue weighted by Crippen LogP contribution is 2.22. The van der Waals surface area contributed by atoms with Crippen LogP contribution in [0.3, 0.4) is 0 Å². The molecule has 0 aliphatic rings. The van der Waals surface area contributed by atoms with Crippen LogP contribution in [-0.4, -0.2) is 4.98 Å². The van der Waals surface area contributed by atoms with E-state index in [1.807, 2.05) is 25.1 Å². The smallest absolute Gasteiger partial charge is 0.141 e. The maximum absolute atomic E-state index is 12.9. The minimum atomic E-state index is -0.348. The molecule has 2 rings (SSSR count). The molecule has 4 heteroatoms. The molecule has 1 aromatic heterocycles. The Balaban J connectivity index is 2.07. The maximum Gasteiger partial charge on any atom is 0.141 e. The fourth-order valence-corrected chi connectivity index (χ4v) is 1.95. The summed E-state index contributed by atoms with van der Waals surface area (Å²) in [7, 11) is 0. The van der Waals surface area contributed by atoms with Gasteiger partial charge < -0.3 is 4.74 Å². The van der Waals surface area contributed by atoms with Gasteiger partial charge in [0.1, 0.15) is 18.2 Å². The van der Waals surface area contributed by atoms with E-state index in [4.69, 9.17) is 4.74 Å². The lowest BCUT2D eigenvalue weighted by atomic mass is 10.2. The number of benzene rings is 1. The summed E-state index contributed by atoms with van der Waals surface area (Å²) >= 11 is 3.39. The number of nitrogens with zero attached hydrogens (tertiary/aromatic N) is 1. The molecule has 0 bridgehead atoms. The van der Waals surface area contributed by atoms with Gasteiger partial charge >= 0.3 is 0 Å². The standard InChI is InChI=1S/C13H11BrFNO/c1-9-4-11(14)2-3-13(9)17-8-10-5-12(15)7-16-6-10/h2-7H,8H2,1H3. The molecule has 0 aliphatic carbocycles. The molecule has 0 spiro atoms. The molecule has 1 aromatic carbocycles. The van der Waals surface area contributed by atoms with Crippen LogP contribution < -0.4 is 4.74 Å². The van der Waals surface area contributed by atoms with Crippen molar-refractivity contribution in [3.05, 3.63) is 58.1 Å². The van der Waals surface area contributed by atoms with E-state index in [-0.39, 0.29) is 5.82 Å². The molecule has 0 amide bonds. The van der Waals surface area contributed by atoms with Gasteiger partial charge in [0.15, 0.2) is 0 Å². The molecule has 17 heavy (non-hydrogen) atoms. The quantitative estimate of drug-likeness (QED) is 0.857. The number of aromatic nitrogens is 1. The van der Waals surface area contributed by atoms with Gasteiger partial charge in [0.2, 0.25) is 0 Å². The van der Waals surface area contributed by atoms with Gasteiger partial charge in [-0.2, -0.15) is 0 Å². The summed E-state index contributed by atoms with van der Waals surface area (Å²) in [4.78, 5) is 3.77. The van der Waals surface area contributed by atoms with Gasteiger partial charge in [-0.15, -0.1) is 0 Å². The Hall–Kier alpha value is -1.42. The highest BCUT2D eigenvalue weighted by Gasteiger charge is 2.02. The maximum atomic E-state index is 12.9. The van der Waals surface area contributed by atoms with E-state index in [0.717, 1.165) is 15.8 Å². The van der Waals surface area contributed by atoms with E-state index >= 15 is 0 Å². The first kappa shape index (κ1) is 12.0. The summed E-state index contributed by atoms with van der Waals surface area (Å²) in [6, 6.07) is 7.18. The van der Waals surface area contributed by atoms with Crippen molar-refractivity contribution in [1.82, 2.24) is 4.98 Å². The van der Waals surface area contributed by atoms with E-state index in [1.54, 1.807) is 6.20 Å². The van der Waals surface area contributed by atoms with Crippen LogP contribution in [0.4, 0.5) is 4.39 Å². The predicted molar refractivity (Wildman–Crippen MR) is 67.4 cm³/mol. The second-order valence-corrected chi connectivity index (χ2v) is 4.63. The van der Waals surface area contributed by atoms with Crippen LogP contribution in [0, 0.1) is 12.7 Å². The molecule has 0 saturated heterocycles. The average Bonchev–Trinajstić information content (AvgIpc) is 2.28. The van der Waals surface area contributed by atoms with Gasteiger partial charge in [-0.3, -0.25) is 4.98 Å². The lowest BCUT2D eigenvalue weighted by molar-refractivity contribution is 0.303. The minimum Gasteiger partial charge on any atom is -0.489 e. The van der Waals surface area contributed by atoms with Crippen molar-refractivity contribution >= 4 is 15.9 Å². The van der Waals surface area contributed by atoms with Crippen molar-refractivity contribution < 1.29 is 9.13 Å². The first-order chi connectivity index (χ1) is 8.15. The summed E-state index contributed by atoms with van der Waals surface area (Å²) in [5.74, 6) is 0.441. The van der Waals surface area contributed by atoms with Crippen molar-refractivity contribution in [2.45, 2.75) is 13.5 Å². The molecule has 0 N–H and O–H groups in total. The highest BCUT2D eigenvalue weighted by atomic mass is 79.9. The number of halogens is 2. The molecule has 88 valence electrons. The second-order valence-electron chi connectivity index (χ2n) is 3.71. The summed E-state index contributed by atoms with van der Waals surface area (Å²) in [5.41, 5.74) is 1.75. The Morgan fingerprint density at radius 3 is 2.82 bits per heavy atom. The molecular weight excluding hydrogens is 285 g/mol. The Morgan fingerprint density at radius 1 is 1.29 bits per heavy atom. The molecule has 0 aliphatic heterocycles. The van der Waals surface area contributed by atoms with Gasteiger partial charge in [-0.1, -0.05) is 15.9 Å². The van der Waals surface area contributed by atoms with Crippen LogP contribution in [0.15, 0.2) is 41.1 Å². The zero-order valence-corrected chi connectivity index (χ0v) is 10.9. The first-order valence-electron chi connectivity index (χ1n) is 5.13. The minimum absolute atomic E-state index is 0.313. The van der Waals surface area contributed by atoms with Crippen LogP contribution >= 0.6 is 15.9 Å². The molecule has 2 nitrogen and oxygen atoms in total. The van der Waals surface area contributed by atoms with Crippen LogP contribution in [0.1, 0.15) is 11.1 Å². The normalized spacial score (nSPS) is 10.3. The monoisotopic (exact) mass is 295 g/mol. The number of hydrogen-bond donors (Lipinski definition) is 0. The van der Waals surface area contributed by atoms with Gasteiger partial charge in [0.05, 0.1) is 6.20 Å².